The number of rotatable bonds is 4. The number of para-hydroxylation sites is 2. The number of benzene rings is 3. The summed E-state index contributed by atoms with van der Waals surface area (Å²) in [6.45, 7) is 4.15. The van der Waals surface area contributed by atoms with Crippen LogP contribution in [0.25, 0.3) is 11.0 Å². The average molecular weight is 340 g/mol. The molecule has 0 radical (unpaired) electrons. The highest BCUT2D eigenvalue weighted by atomic mass is 15.1. The van der Waals surface area contributed by atoms with Crippen LogP contribution in [0.4, 0.5) is 23.0 Å². The van der Waals surface area contributed by atoms with E-state index in [0.717, 1.165) is 22.4 Å². The SMILES string of the molecule is Cc1ccc(Nc2nc3ccccc3nc2Nc2ccc(C)cc2)cc1. The molecule has 3 aromatic carbocycles. The Bertz CT molecular complexity index is 952. The van der Waals surface area contributed by atoms with Gasteiger partial charge in [-0.1, -0.05) is 47.5 Å². The molecule has 4 heteroatoms. The fraction of sp³-hybridized carbons (Fsp3) is 0.0909. The first kappa shape index (κ1) is 16.1. The Morgan fingerprint density at radius 3 is 1.31 bits per heavy atom. The molecule has 26 heavy (non-hydrogen) atoms. The maximum Gasteiger partial charge on any atom is 0.174 e. The maximum absolute atomic E-state index is 4.77. The van der Waals surface area contributed by atoms with Gasteiger partial charge in [-0.3, -0.25) is 0 Å². The second kappa shape index (κ2) is 6.84. The number of hydrogen-bond donors (Lipinski definition) is 2. The summed E-state index contributed by atoms with van der Waals surface area (Å²) < 4.78 is 0. The quantitative estimate of drug-likeness (QED) is 0.498. The van der Waals surface area contributed by atoms with Crippen molar-refractivity contribution in [2.45, 2.75) is 13.8 Å². The zero-order chi connectivity index (χ0) is 17.9. The zero-order valence-electron chi connectivity index (χ0n) is 14.8. The third kappa shape index (κ3) is 3.49. The van der Waals surface area contributed by atoms with Crippen molar-refractivity contribution in [1.82, 2.24) is 9.97 Å². The topological polar surface area (TPSA) is 49.8 Å². The summed E-state index contributed by atoms with van der Waals surface area (Å²) >= 11 is 0. The Balaban J connectivity index is 1.75. The zero-order valence-corrected chi connectivity index (χ0v) is 14.8. The molecule has 0 aliphatic heterocycles. The molecule has 2 N–H and O–H groups in total. The minimum Gasteiger partial charge on any atom is -0.337 e. The van der Waals surface area contributed by atoms with E-state index in [-0.39, 0.29) is 0 Å². The van der Waals surface area contributed by atoms with Gasteiger partial charge in [-0.15, -0.1) is 0 Å². The molecule has 1 aromatic heterocycles. The monoisotopic (exact) mass is 340 g/mol. The van der Waals surface area contributed by atoms with Crippen LogP contribution >= 0.6 is 0 Å². The Kier molecular flexibility index (Phi) is 4.23. The van der Waals surface area contributed by atoms with Gasteiger partial charge in [0.2, 0.25) is 0 Å². The van der Waals surface area contributed by atoms with E-state index >= 15 is 0 Å². The van der Waals surface area contributed by atoms with Gasteiger partial charge in [0.1, 0.15) is 0 Å². The number of nitrogens with zero attached hydrogens (tertiary/aromatic N) is 2. The molecular formula is C22H20N4. The highest BCUT2D eigenvalue weighted by Crippen LogP contribution is 2.27. The first-order valence-electron chi connectivity index (χ1n) is 8.61. The van der Waals surface area contributed by atoms with Crippen molar-refractivity contribution in [1.29, 1.82) is 0 Å². The van der Waals surface area contributed by atoms with Gasteiger partial charge in [-0.2, -0.15) is 0 Å². The molecular weight excluding hydrogens is 320 g/mol. The molecule has 0 bridgehead atoms. The average Bonchev–Trinajstić information content (AvgIpc) is 2.66. The minimum atomic E-state index is 0.702. The number of hydrogen-bond acceptors (Lipinski definition) is 4. The Morgan fingerprint density at radius 1 is 0.538 bits per heavy atom. The lowest BCUT2D eigenvalue weighted by Gasteiger charge is -2.14. The predicted molar refractivity (Wildman–Crippen MR) is 108 cm³/mol. The van der Waals surface area contributed by atoms with E-state index in [2.05, 4.69) is 48.7 Å². The van der Waals surface area contributed by atoms with Gasteiger partial charge in [0, 0.05) is 11.4 Å². The van der Waals surface area contributed by atoms with Gasteiger partial charge >= 0.3 is 0 Å². The largest absolute Gasteiger partial charge is 0.337 e. The molecule has 0 aliphatic carbocycles. The molecule has 0 atom stereocenters. The number of nitrogens with one attached hydrogen (secondary N) is 2. The van der Waals surface area contributed by atoms with E-state index in [1.165, 1.54) is 11.1 Å². The summed E-state index contributed by atoms with van der Waals surface area (Å²) in [7, 11) is 0. The Morgan fingerprint density at radius 2 is 0.923 bits per heavy atom. The predicted octanol–water partition coefficient (Wildman–Crippen LogP) is 5.73. The normalized spacial score (nSPS) is 10.7. The summed E-state index contributed by atoms with van der Waals surface area (Å²) in [4.78, 5) is 9.54. The number of aromatic nitrogens is 2. The van der Waals surface area contributed by atoms with Gasteiger partial charge < -0.3 is 10.6 Å². The van der Waals surface area contributed by atoms with E-state index in [0.29, 0.717) is 11.6 Å². The Hall–Kier alpha value is -3.40. The fourth-order valence-electron chi connectivity index (χ4n) is 2.72. The molecule has 0 aliphatic rings. The molecule has 0 fully saturated rings. The van der Waals surface area contributed by atoms with Crippen LogP contribution in [0.5, 0.6) is 0 Å². The lowest BCUT2D eigenvalue weighted by Crippen LogP contribution is -2.03. The van der Waals surface area contributed by atoms with Crippen molar-refractivity contribution in [2.24, 2.45) is 0 Å². The second-order valence-corrected chi connectivity index (χ2v) is 6.39. The molecule has 4 nitrogen and oxygen atoms in total. The van der Waals surface area contributed by atoms with E-state index in [9.17, 15) is 0 Å². The molecule has 0 amide bonds. The summed E-state index contributed by atoms with van der Waals surface area (Å²) in [5.41, 5.74) is 6.11. The highest BCUT2D eigenvalue weighted by Gasteiger charge is 2.10. The second-order valence-electron chi connectivity index (χ2n) is 6.39. The number of aryl methyl sites for hydroxylation is 2. The van der Waals surface area contributed by atoms with E-state index < -0.39 is 0 Å². The van der Waals surface area contributed by atoms with Crippen molar-refractivity contribution in [3.05, 3.63) is 83.9 Å². The van der Waals surface area contributed by atoms with E-state index in [1.54, 1.807) is 0 Å². The van der Waals surface area contributed by atoms with Crippen molar-refractivity contribution < 1.29 is 0 Å². The summed E-state index contributed by atoms with van der Waals surface area (Å²) in [5.74, 6) is 1.40. The van der Waals surface area contributed by atoms with Gasteiger partial charge in [0.05, 0.1) is 11.0 Å². The van der Waals surface area contributed by atoms with E-state index in [4.69, 9.17) is 9.97 Å². The molecule has 1 heterocycles. The van der Waals surface area contributed by atoms with Crippen LogP contribution in [0.15, 0.2) is 72.8 Å². The van der Waals surface area contributed by atoms with Crippen LogP contribution in [0.1, 0.15) is 11.1 Å². The molecule has 0 saturated carbocycles. The lowest BCUT2D eigenvalue weighted by molar-refractivity contribution is 1.27. The van der Waals surface area contributed by atoms with Crippen LogP contribution in [-0.4, -0.2) is 9.97 Å². The fourth-order valence-corrected chi connectivity index (χ4v) is 2.72. The smallest absolute Gasteiger partial charge is 0.174 e. The molecule has 0 spiro atoms. The molecule has 4 rings (SSSR count). The summed E-state index contributed by atoms with van der Waals surface area (Å²) in [5, 5.41) is 6.77. The summed E-state index contributed by atoms with van der Waals surface area (Å²) in [6, 6.07) is 24.4. The maximum atomic E-state index is 4.77. The van der Waals surface area contributed by atoms with Gasteiger partial charge in [-0.05, 0) is 50.2 Å². The number of anilines is 4. The number of fused-ring (bicyclic) bond motifs is 1. The van der Waals surface area contributed by atoms with Crippen molar-refractivity contribution >= 4 is 34.0 Å². The van der Waals surface area contributed by atoms with Crippen LogP contribution in [0.2, 0.25) is 0 Å². The van der Waals surface area contributed by atoms with Crippen LogP contribution in [-0.2, 0) is 0 Å². The molecule has 0 saturated heterocycles. The first-order valence-corrected chi connectivity index (χ1v) is 8.61. The van der Waals surface area contributed by atoms with Crippen LogP contribution < -0.4 is 10.6 Å². The Labute approximate surface area is 152 Å². The molecule has 4 aromatic rings. The van der Waals surface area contributed by atoms with Crippen molar-refractivity contribution in [2.75, 3.05) is 10.6 Å². The van der Waals surface area contributed by atoms with Gasteiger partial charge in [-0.25, -0.2) is 9.97 Å². The van der Waals surface area contributed by atoms with Gasteiger partial charge in [0.25, 0.3) is 0 Å². The van der Waals surface area contributed by atoms with Crippen LogP contribution in [0.3, 0.4) is 0 Å². The molecule has 0 unspecified atom stereocenters. The van der Waals surface area contributed by atoms with Crippen molar-refractivity contribution in [3.63, 3.8) is 0 Å². The third-order valence-electron chi connectivity index (χ3n) is 4.20. The minimum absolute atomic E-state index is 0.702. The highest BCUT2D eigenvalue weighted by molar-refractivity contribution is 5.83. The molecule has 128 valence electrons. The standard InChI is InChI=1S/C22H20N4/c1-15-7-11-17(12-8-15)23-21-22(24-18-13-9-16(2)10-14-18)26-20-6-4-3-5-19(20)25-21/h3-14H,1-2H3,(H,23,25)(H,24,26). The van der Waals surface area contributed by atoms with Crippen LogP contribution in [0, 0.1) is 13.8 Å². The van der Waals surface area contributed by atoms with Gasteiger partial charge in [0.15, 0.2) is 11.6 Å². The third-order valence-corrected chi connectivity index (χ3v) is 4.20. The van der Waals surface area contributed by atoms with Crippen molar-refractivity contribution in [3.8, 4) is 0 Å². The first-order chi connectivity index (χ1) is 12.7. The van der Waals surface area contributed by atoms with E-state index in [1.807, 2.05) is 48.5 Å². The summed E-state index contributed by atoms with van der Waals surface area (Å²) in [6.07, 6.45) is 0. The lowest BCUT2D eigenvalue weighted by atomic mass is 10.2.